The van der Waals surface area contributed by atoms with Crippen LogP contribution in [0.3, 0.4) is 0 Å². The number of carbonyl (C=O) groups excluding carboxylic acids is 1. The topological polar surface area (TPSA) is 63.4 Å². The van der Waals surface area contributed by atoms with Crippen molar-refractivity contribution in [3.8, 4) is 0 Å². The van der Waals surface area contributed by atoms with Gasteiger partial charge >= 0.3 is 0 Å². The largest absolute Gasteiger partial charge is 0.337 e. The van der Waals surface area contributed by atoms with Crippen LogP contribution in [-0.2, 0) is 6.54 Å². The summed E-state index contributed by atoms with van der Waals surface area (Å²) < 4.78 is 1.05. The van der Waals surface area contributed by atoms with E-state index >= 15 is 0 Å². The molecule has 2 rings (SSSR count). The Kier molecular flexibility index (Phi) is 4.89. The van der Waals surface area contributed by atoms with E-state index in [1.165, 1.54) is 11.0 Å². The van der Waals surface area contributed by atoms with Gasteiger partial charge in [0.25, 0.3) is 11.6 Å². The smallest absolute Gasteiger partial charge is 0.274 e. The molecule has 0 unspecified atom stereocenters. The number of para-hydroxylation sites is 1. The number of hydrogen-bond acceptors (Lipinski definition) is 3. The number of halogens is 1. The Morgan fingerprint density at radius 1 is 1.19 bits per heavy atom. The van der Waals surface area contributed by atoms with Gasteiger partial charge in [-0.2, -0.15) is 0 Å². The number of benzene rings is 2. The van der Waals surface area contributed by atoms with E-state index in [1.807, 2.05) is 12.1 Å². The van der Waals surface area contributed by atoms with Crippen molar-refractivity contribution in [1.29, 1.82) is 0 Å². The second-order valence-corrected chi connectivity index (χ2v) is 5.80. The first-order valence-electron chi connectivity index (χ1n) is 6.22. The highest BCUT2D eigenvalue weighted by Crippen LogP contribution is 2.20. The molecule has 0 aliphatic rings. The van der Waals surface area contributed by atoms with Crippen molar-refractivity contribution in [3.05, 3.63) is 73.3 Å². The van der Waals surface area contributed by atoms with Crippen LogP contribution in [0, 0.1) is 13.7 Å². The van der Waals surface area contributed by atoms with Crippen LogP contribution >= 0.6 is 22.6 Å². The van der Waals surface area contributed by atoms with Crippen LogP contribution < -0.4 is 0 Å². The highest BCUT2D eigenvalue weighted by atomic mass is 127. The summed E-state index contributed by atoms with van der Waals surface area (Å²) in [5.74, 6) is -0.162. The Balaban J connectivity index is 2.18. The Labute approximate surface area is 135 Å². The molecular formula is C15H13IN2O3. The van der Waals surface area contributed by atoms with Gasteiger partial charge in [-0.3, -0.25) is 14.9 Å². The van der Waals surface area contributed by atoms with Crippen molar-refractivity contribution < 1.29 is 9.72 Å². The summed E-state index contributed by atoms with van der Waals surface area (Å²) in [5, 5.41) is 11.0. The highest BCUT2D eigenvalue weighted by Gasteiger charge is 2.17. The molecule has 2 aromatic rings. The molecule has 0 bridgehead atoms. The molecule has 0 radical (unpaired) electrons. The van der Waals surface area contributed by atoms with E-state index in [4.69, 9.17) is 0 Å². The third-order valence-corrected chi connectivity index (χ3v) is 3.75. The molecule has 0 saturated heterocycles. The van der Waals surface area contributed by atoms with Gasteiger partial charge in [-0.1, -0.05) is 18.2 Å². The molecule has 21 heavy (non-hydrogen) atoms. The van der Waals surface area contributed by atoms with E-state index < -0.39 is 4.92 Å². The fourth-order valence-corrected chi connectivity index (χ4v) is 2.32. The van der Waals surface area contributed by atoms with Crippen LogP contribution in [-0.4, -0.2) is 22.8 Å². The zero-order valence-corrected chi connectivity index (χ0v) is 13.5. The lowest BCUT2D eigenvalue weighted by Crippen LogP contribution is -2.26. The fourth-order valence-electron chi connectivity index (χ4n) is 1.96. The van der Waals surface area contributed by atoms with E-state index in [1.54, 1.807) is 37.4 Å². The van der Waals surface area contributed by atoms with Gasteiger partial charge in [0.2, 0.25) is 0 Å². The minimum absolute atomic E-state index is 0.0276. The molecular weight excluding hydrogens is 383 g/mol. The molecule has 0 heterocycles. The van der Waals surface area contributed by atoms with Gasteiger partial charge in [0, 0.05) is 27.8 Å². The summed E-state index contributed by atoms with van der Waals surface area (Å²) >= 11 is 2.17. The zero-order chi connectivity index (χ0) is 15.4. The van der Waals surface area contributed by atoms with E-state index in [2.05, 4.69) is 22.6 Å². The summed E-state index contributed by atoms with van der Waals surface area (Å²) in [6.45, 7) is 0.196. The molecule has 0 aliphatic carbocycles. The van der Waals surface area contributed by atoms with Crippen molar-refractivity contribution in [2.75, 3.05) is 7.05 Å². The number of rotatable bonds is 4. The molecule has 6 heteroatoms. The molecule has 0 saturated carbocycles. The van der Waals surface area contributed by atoms with Gasteiger partial charge in [-0.05, 0) is 46.9 Å². The van der Waals surface area contributed by atoms with Crippen molar-refractivity contribution in [2.45, 2.75) is 6.54 Å². The lowest BCUT2D eigenvalue weighted by Gasteiger charge is -2.17. The lowest BCUT2D eigenvalue weighted by molar-refractivity contribution is -0.385. The Morgan fingerprint density at radius 3 is 2.43 bits per heavy atom. The van der Waals surface area contributed by atoms with Gasteiger partial charge in [0.05, 0.1) is 11.5 Å². The standard InChI is InChI=1S/C15H13IN2O3/c1-17(15(19)11-6-8-13(16)9-7-11)10-12-4-2-3-5-14(12)18(20)21/h2-9H,10H2,1H3. The molecule has 2 aromatic carbocycles. The summed E-state index contributed by atoms with van der Waals surface area (Å²) in [5.41, 5.74) is 1.11. The zero-order valence-electron chi connectivity index (χ0n) is 11.3. The predicted octanol–water partition coefficient (Wildman–Crippen LogP) is 3.47. The highest BCUT2D eigenvalue weighted by molar-refractivity contribution is 14.1. The lowest BCUT2D eigenvalue weighted by atomic mass is 10.1. The molecule has 0 aromatic heterocycles. The third-order valence-electron chi connectivity index (χ3n) is 3.03. The number of carbonyl (C=O) groups is 1. The van der Waals surface area contributed by atoms with Gasteiger partial charge in [-0.25, -0.2) is 0 Å². The molecule has 5 nitrogen and oxygen atoms in total. The molecule has 108 valence electrons. The molecule has 0 atom stereocenters. The number of nitro groups is 1. The van der Waals surface area contributed by atoms with Crippen LogP contribution in [0.2, 0.25) is 0 Å². The number of nitro benzene ring substituents is 1. The van der Waals surface area contributed by atoms with Gasteiger partial charge in [-0.15, -0.1) is 0 Å². The number of hydrogen-bond donors (Lipinski definition) is 0. The summed E-state index contributed by atoms with van der Waals surface area (Å²) in [6, 6.07) is 13.7. The van der Waals surface area contributed by atoms with E-state index in [0.29, 0.717) is 11.1 Å². The van der Waals surface area contributed by atoms with Crippen LogP contribution in [0.25, 0.3) is 0 Å². The first-order chi connectivity index (χ1) is 9.99. The SMILES string of the molecule is CN(Cc1ccccc1[N+](=O)[O-])C(=O)c1ccc(I)cc1. The maximum Gasteiger partial charge on any atom is 0.274 e. The average molecular weight is 396 g/mol. The number of nitrogens with zero attached hydrogens (tertiary/aromatic N) is 2. The first kappa shape index (κ1) is 15.4. The summed E-state index contributed by atoms with van der Waals surface area (Å²) in [4.78, 5) is 24.3. The van der Waals surface area contributed by atoms with E-state index in [-0.39, 0.29) is 18.1 Å². The van der Waals surface area contributed by atoms with Crippen LogP contribution in [0.4, 0.5) is 5.69 Å². The summed E-state index contributed by atoms with van der Waals surface area (Å²) in [7, 11) is 1.64. The fraction of sp³-hybridized carbons (Fsp3) is 0.133. The maximum atomic E-state index is 12.3. The Morgan fingerprint density at radius 2 is 1.81 bits per heavy atom. The van der Waals surface area contributed by atoms with Gasteiger partial charge in [0.15, 0.2) is 0 Å². The van der Waals surface area contributed by atoms with Gasteiger partial charge < -0.3 is 4.90 Å². The average Bonchev–Trinajstić information content (AvgIpc) is 2.47. The van der Waals surface area contributed by atoms with Crippen LogP contribution in [0.5, 0.6) is 0 Å². The second kappa shape index (κ2) is 6.66. The molecule has 0 spiro atoms. The minimum Gasteiger partial charge on any atom is -0.337 e. The molecule has 0 aliphatic heterocycles. The monoisotopic (exact) mass is 396 g/mol. The van der Waals surface area contributed by atoms with Crippen molar-refractivity contribution in [2.24, 2.45) is 0 Å². The van der Waals surface area contributed by atoms with Gasteiger partial charge in [0.1, 0.15) is 0 Å². The van der Waals surface area contributed by atoms with Crippen LogP contribution in [0.15, 0.2) is 48.5 Å². The Hall–Kier alpha value is -1.96. The Bertz CT molecular complexity index is 671. The first-order valence-corrected chi connectivity index (χ1v) is 7.30. The normalized spacial score (nSPS) is 10.2. The maximum absolute atomic E-state index is 12.3. The predicted molar refractivity (Wildman–Crippen MR) is 88.1 cm³/mol. The molecule has 0 N–H and O–H groups in total. The number of amides is 1. The van der Waals surface area contributed by atoms with E-state index in [0.717, 1.165) is 3.57 Å². The van der Waals surface area contributed by atoms with Crippen molar-refractivity contribution in [3.63, 3.8) is 0 Å². The van der Waals surface area contributed by atoms with Crippen molar-refractivity contribution in [1.82, 2.24) is 4.90 Å². The third kappa shape index (κ3) is 3.78. The molecule has 1 amide bonds. The minimum atomic E-state index is -0.432. The van der Waals surface area contributed by atoms with E-state index in [9.17, 15) is 14.9 Å². The molecule has 0 fully saturated rings. The van der Waals surface area contributed by atoms with Crippen LogP contribution in [0.1, 0.15) is 15.9 Å². The second-order valence-electron chi connectivity index (χ2n) is 4.55. The quantitative estimate of drug-likeness (QED) is 0.452. The summed E-state index contributed by atoms with van der Waals surface area (Å²) in [6.07, 6.45) is 0. The van der Waals surface area contributed by atoms with Crippen molar-refractivity contribution >= 4 is 34.2 Å².